The highest BCUT2D eigenvalue weighted by Crippen LogP contribution is 2.28. The maximum atomic E-state index is 11.2. The van der Waals surface area contributed by atoms with Gasteiger partial charge >= 0.3 is 5.97 Å². The summed E-state index contributed by atoms with van der Waals surface area (Å²) in [5.74, 6) is -0.566. The maximum absolute atomic E-state index is 11.2. The molecule has 0 fully saturated rings. The van der Waals surface area contributed by atoms with Crippen molar-refractivity contribution in [2.75, 3.05) is 0 Å². The van der Waals surface area contributed by atoms with Crippen molar-refractivity contribution < 1.29 is 9.90 Å². The Morgan fingerprint density at radius 2 is 2.22 bits per heavy atom. The molecule has 0 bridgehead atoms. The highest BCUT2D eigenvalue weighted by atomic mass is 32.1. The first kappa shape index (κ1) is 12.7. The molecule has 4 nitrogen and oxygen atoms in total. The van der Waals surface area contributed by atoms with Gasteiger partial charge in [0.05, 0.1) is 5.69 Å². The van der Waals surface area contributed by atoms with Crippen molar-refractivity contribution in [1.82, 2.24) is 9.97 Å². The molecule has 0 saturated heterocycles. The lowest BCUT2D eigenvalue weighted by Crippen LogP contribution is -2.03. The Bertz CT molecular complexity index is 549. The molecule has 2 aromatic heterocycles. The topological polar surface area (TPSA) is 63.1 Å². The van der Waals surface area contributed by atoms with E-state index in [9.17, 15) is 4.79 Å². The van der Waals surface area contributed by atoms with Crippen LogP contribution in [0.3, 0.4) is 0 Å². The Hall–Kier alpha value is -1.75. The van der Waals surface area contributed by atoms with Gasteiger partial charge in [0, 0.05) is 11.1 Å². The van der Waals surface area contributed by atoms with Crippen LogP contribution in [0.1, 0.15) is 29.2 Å². The van der Waals surface area contributed by atoms with Crippen molar-refractivity contribution in [3.8, 4) is 10.7 Å². The van der Waals surface area contributed by atoms with Crippen molar-refractivity contribution >= 4 is 17.3 Å². The summed E-state index contributed by atoms with van der Waals surface area (Å²) in [6.07, 6.45) is 2.41. The average molecular weight is 262 g/mol. The number of hydrogen-bond acceptors (Lipinski definition) is 4. The zero-order valence-corrected chi connectivity index (χ0v) is 11.1. The van der Waals surface area contributed by atoms with Gasteiger partial charge in [-0.2, -0.15) is 0 Å². The number of pyridine rings is 1. The molecule has 5 heteroatoms. The second-order valence-electron chi connectivity index (χ2n) is 4.41. The first-order valence-corrected chi connectivity index (χ1v) is 6.54. The Morgan fingerprint density at radius 3 is 2.78 bits per heavy atom. The normalized spacial score (nSPS) is 10.8. The molecule has 2 rings (SSSR count). The number of thiazole rings is 1. The largest absolute Gasteiger partial charge is 0.476 e. The minimum absolute atomic E-state index is 0.161. The molecule has 0 aromatic carbocycles. The molecule has 0 amide bonds. The quantitative estimate of drug-likeness (QED) is 0.919. The molecule has 94 valence electrons. The number of aromatic carboxylic acids is 1. The van der Waals surface area contributed by atoms with Gasteiger partial charge in [-0.15, -0.1) is 11.3 Å². The fourth-order valence-corrected chi connectivity index (χ4v) is 2.87. The molecule has 2 heterocycles. The van der Waals surface area contributed by atoms with Crippen LogP contribution in [0.15, 0.2) is 24.4 Å². The Balaban J connectivity index is 2.42. The van der Waals surface area contributed by atoms with Crippen molar-refractivity contribution in [1.29, 1.82) is 0 Å². The minimum atomic E-state index is -0.968. The van der Waals surface area contributed by atoms with Crippen LogP contribution in [0, 0.1) is 5.92 Å². The van der Waals surface area contributed by atoms with E-state index in [1.807, 2.05) is 18.2 Å². The molecule has 0 aliphatic carbocycles. The van der Waals surface area contributed by atoms with Gasteiger partial charge in [0.25, 0.3) is 0 Å². The van der Waals surface area contributed by atoms with Gasteiger partial charge in [-0.25, -0.2) is 9.78 Å². The highest BCUT2D eigenvalue weighted by molar-refractivity contribution is 7.15. The standard InChI is InChI=1S/C13H14N2O2S/c1-8(2)7-10-11(13(16)17)15-12(18-10)9-5-3-4-6-14-9/h3-6,8H,7H2,1-2H3,(H,16,17). The highest BCUT2D eigenvalue weighted by Gasteiger charge is 2.19. The van der Waals surface area contributed by atoms with E-state index in [2.05, 4.69) is 23.8 Å². The van der Waals surface area contributed by atoms with Crippen LogP contribution in [0.25, 0.3) is 10.7 Å². The number of aromatic nitrogens is 2. The molecule has 1 N–H and O–H groups in total. The molecule has 0 aliphatic rings. The summed E-state index contributed by atoms with van der Waals surface area (Å²) in [7, 11) is 0. The van der Waals surface area contributed by atoms with Crippen molar-refractivity contribution in [2.45, 2.75) is 20.3 Å². The van der Waals surface area contributed by atoms with E-state index < -0.39 is 5.97 Å². The average Bonchev–Trinajstić information content (AvgIpc) is 2.73. The number of carboxylic acids is 1. The van der Waals surface area contributed by atoms with Crippen LogP contribution in [0.5, 0.6) is 0 Å². The molecule has 0 saturated carbocycles. The lowest BCUT2D eigenvalue weighted by Gasteiger charge is -2.01. The van der Waals surface area contributed by atoms with Crippen LogP contribution < -0.4 is 0 Å². The van der Waals surface area contributed by atoms with Gasteiger partial charge in [-0.05, 0) is 24.5 Å². The van der Waals surface area contributed by atoms with E-state index in [1.54, 1.807) is 6.20 Å². The van der Waals surface area contributed by atoms with E-state index in [4.69, 9.17) is 5.11 Å². The van der Waals surface area contributed by atoms with Gasteiger partial charge in [0.15, 0.2) is 5.69 Å². The molecule has 2 aromatic rings. The van der Waals surface area contributed by atoms with Crippen LogP contribution in [-0.2, 0) is 6.42 Å². The Morgan fingerprint density at radius 1 is 1.44 bits per heavy atom. The predicted molar refractivity (Wildman–Crippen MR) is 70.8 cm³/mol. The van der Waals surface area contributed by atoms with Gasteiger partial charge in [-0.3, -0.25) is 4.98 Å². The van der Waals surface area contributed by atoms with Gasteiger partial charge in [-0.1, -0.05) is 19.9 Å². The third-order valence-electron chi connectivity index (χ3n) is 2.38. The van der Waals surface area contributed by atoms with Gasteiger partial charge < -0.3 is 5.11 Å². The molecule has 0 aliphatic heterocycles. The molecule has 0 spiro atoms. The number of carboxylic acid groups (broad SMARTS) is 1. The molecular formula is C13H14N2O2S. The summed E-state index contributed by atoms with van der Waals surface area (Å²) in [6.45, 7) is 4.12. The molecule has 0 radical (unpaired) electrons. The summed E-state index contributed by atoms with van der Waals surface area (Å²) in [5, 5.41) is 9.83. The van der Waals surface area contributed by atoms with Crippen molar-refractivity contribution in [3.63, 3.8) is 0 Å². The fourth-order valence-electron chi connectivity index (χ4n) is 1.63. The van der Waals surface area contributed by atoms with Gasteiger partial charge in [0.2, 0.25) is 0 Å². The first-order valence-electron chi connectivity index (χ1n) is 5.72. The molecule has 0 atom stereocenters. The van der Waals surface area contributed by atoms with E-state index in [0.717, 1.165) is 17.0 Å². The summed E-state index contributed by atoms with van der Waals surface area (Å²) >= 11 is 1.41. The number of nitrogens with zero attached hydrogens (tertiary/aromatic N) is 2. The lowest BCUT2D eigenvalue weighted by molar-refractivity contribution is 0.0690. The lowest BCUT2D eigenvalue weighted by atomic mass is 10.1. The third-order valence-corrected chi connectivity index (χ3v) is 3.48. The van der Waals surface area contributed by atoms with Crippen LogP contribution in [-0.4, -0.2) is 21.0 Å². The molecule has 18 heavy (non-hydrogen) atoms. The summed E-state index contributed by atoms with van der Waals surface area (Å²) < 4.78 is 0. The number of carbonyl (C=O) groups is 1. The maximum Gasteiger partial charge on any atom is 0.355 e. The molecular weight excluding hydrogens is 248 g/mol. The van der Waals surface area contributed by atoms with E-state index >= 15 is 0 Å². The third kappa shape index (κ3) is 2.73. The molecule has 0 unspecified atom stereocenters. The predicted octanol–water partition coefficient (Wildman–Crippen LogP) is 3.10. The first-order chi connectivity index (χ1) is 8.58. The smallest absolute Gasteiger partial charge is 0.355 e. The number of rotatable bonds is 4. The van der Waals surface area contributed by atoms with Crippen molar-refractivity contribution in [2.24, 2.45) is 5.92 Å². The number of hydrogen-bond donors (Lipinski definition) is 1. The minimum Gasteiger partial charge on any atom is -0.476 e. The fraction of sp³-hybridized carbons (Fsp3) is 0.308. The summed E-state index contributed by atoms with van der Waals surface area (Å²) in [6, 6.07) is 5.53. The Kier molecular flexibility index (Phi) is 3.72. The van der Waals surface area contributed by atoms with E-state index in [-0.39, 0.29) is 5.69 Å². The Labute approximate surface area is 109 Å². The van der Waals surface area contributed by atoms with E-state index in [1.165, 1.54) is 11.3 Å². The van der Waals surface area contributed by atoms with E-state index in [0.29, 0.717) is 10.9 Å². The SMILES string of the molecule is CC(C)Cc1sc(-c2ccccn2)nc1C(=O)O. The summed E-state index contributed by atoms with van der Waals surface area (Å²) in [5.41, 5.74) is 0.884. The zero-order valence-electron chi connectivity index (χ0n) is 10.3. The monoisotopic (exact) mass is 262 g/mol. The second-order valence-corrected chi connectivity index (χ2v) is 5.49. The van der Waals surface area contributed by atoms with Crippen LogP contribution in [0.4, 0.5) is 0 Å². The summed E-state index contributed by atoms with van der Waals surface area (Å²) in [4.78, 5) is 20.4. The van der Waals surface area contributed by atoms with Crippen molar-refractivity contribution in [3.05, 3.63) is 35.0 Å². The zero-order chi connectivity index (χ0) is 13.1. The van der Waals surface area contributed by atoms with Gasteiger partial charge in [0.1, 0.15) is 5.01 Å². The second kappa shape index (κ2) is 5.27. The van der Waals surface area contributed by atoms with Crippen LogP contribution in [0.2, 0.25) is 0 Å². The van der Waals surface area contributed by atoms with Crippen LogP contribution >= 0.6 is 11.3 Å².